The molecule has 0 fully saturated rings. The third-order valence-electron chi connectivity index (χ3n) is 3.20. The molecule has 5 nitrogen and oxygen atoms in total. The van der Waals surface area contributed by atoms with E-state index in [0.717, 1.165) is 12.8 Å². The Morgan fingerprint density at radius 2 is 1.83 bits per heavy atom. The molecule has 1 N–H and O–H groups in total. The molecule has 0 saturated carbocycles. The normalized spacial score (nSPS) is 10.1. The van der Waals surface area contributed by atoms with Crippen molar-refractivity contribution in [2.45, 2.75) is 19.8 Å². The summed E-state index contributed by atoms with van der Waals surface area (Å²) in [7, 11) is 0. The van der Waals surface area contributed by atoms with Crippen LogP contribution in [-0.4, -0.2) is 24.0 Å². The summed E-state index contributed by atoms with van der Waals surface area (Å²) in [5.41, 5.74) is 0.505. The molecule has 0 aliphatic rings. The number of phenols is 1. The van der Waals surface area contributed by atoms with E-state index in [9.17, 15) is 14.7 Å². The number of rotatable bonds is 7. The number of unbranched alkanes of at least 4 members (excludes halogenated alkanes) is 1. The van der Waals surface area contributed by atoms with E-state index in [1.54, 1.807) is 24.3 Å². The molecule has 0 radical (unpaired) electrons. The maximum Gasteiger partial charge on any atom is 0.343 e. The molecule has 0 heterocycles. The van der Waals surface area contributed by atoms with E-state index in [1.807, 2.05) is 0 Å². The highest BCUT2D eigenvalue weighted by Crippen LogP contribution is 2.23. The molecule has 120 valence electrons. The van der Waals surface area contributed by atoms with E-state index in [0.29, 0.717) is 24.2 Å². The van der Waals surface area contributed by atoms with Crippen LogP contribution in [-0.2, 0) is 0 Å². The smallest absolute Gasteiger partial charge is 0.343 e. The van der Waals surface area contributed by atoms with Crippen molar-refractivity contribution in [1.29, 1.82) is 0 Å². The number of benzene rings is 2. The minimum Gasteiger partial charge on any atom is -0.507 e. The van der Waals surface area contributed by atoms with Gasteiger partial charge in [0.05, 0.1) is 17.7 Å². The first-order valence-corrected chi connectivity index (χ1v) is 7.37. The molecule has 0 aromatic heterocycles. The van der Waals surface area contributed by atoms with Crippen LogP contribution in [0.4, 0.5) is 0 Å². The van der Waals surface area contributed by atoms with Gasteiger partial charge in [-0.25, -0.2) is 4.79 Å². The topological polar surface area (TPSA) is 72.8 Å². The lowest BCUT2D eigenvalue weighted by Crippen LogP contribution is -2.08. The van der Waals surface area contributed by atoms with Crippen LogP contribution in [0.2, 0.25) is 0 Å². The second-order valence-corrected chi connectivity index (χ2v) is 4.95. The highest BCUT2D eigenvalue weighted by Gasteiger charge is 2.10. The molecule has 2 aromatic rings. The molecule has 0 saturated heterocycles. The summed E-state index contributed by atoms with van der Waals surface area (Å²) in [6.45, 7) is 2.73. The van der Waals surface area contributed by atoms with Crippen molar-refractivity contribution in [3.05, 3.63) is 53.6 Å². The molecule has 0 atom stereocenters. The van der Waals surface area contributed by atoms with Crippen LogP contribution in [0, 0.1) is 0 Å². The average Bonchev–Trinajstić information content (AvgIpc) is 2.56. The fraction of sp³-hybridized carbons (Fsp3) is 0.222. The van der Waals surface area contributed by atoms with Crippen molar-refractivity contribution in [3.63, 3.8) is 0 Å². The fourth-order valence-corrected chi connectivity index (χ4v) is 1.87. The van der Waals surface area contributed by atoms with Gasteiger partial charge in [-0.1, -0.05) is 13.3 Å². The summed E-state index contributed by atoms with van der Waals surface area (Å²) in [4.78, 5) is 22.7. The largest absolute Gasteiger partial charge is 0.507 e. The lowest BCUT2D eigenvalue weighted by molar-refractivity contribution is 0.0734. The molecule has 0 amide bonds. The molecule has 5 heteroatoms. The Labute approximate surface area is 134 Å². The van der Waals surface area contributed by atoms with Crippen LogP contribution in [0.25, 0.3) is 0 Å². The number of aromatic hydroxyl groups is 1. The number of carbonyl (C=O) groups is 2. The molecule has 0 unspecified atom stereocenters. The summed E-state index contributed by atoms with van der Waals surface area (Å²) >= 11 is 0. The van der Waals surface area contributed by atoms with Gasteiger partial charge < -0.3 is 14.6 Å². The predicted molar refractivity (Wildman–Crippen MR) is 85.3 cm³/mol. The number of aldehydes is 1. The van der Waals surface area contributed by atoms with E-state index >= 15 is 0 Å². The van der Waals surface area contributed by atoms with Gasteiger partial charge >= 0.3 is 5.97 Å². The van der Waals surface area contributed by atoms with Gasteiger partial charge in [-0.3, -0.25) is 4.79 Å². The third-order valence-corrected chi connectivity index (χ3v) is 3.20. The summed E-state index contributed by atoms with van der Waals surface area (Å²) in [5, 5.41) is 9.57. The Morgan fingerprint density at radius 3 is 2.43 bits per heavy atom. The van der Waals surface area contributed by atoms with E-state index < -0.39 is 5.97 Å². The molecule has 0 aliphatic carbocycles. The fourth-order valence-electron chi connectivity index (χ4n) is 1.87. The van der Waals surface area contributed by atoms with E-state index in [4.69, 9.17) is 9.47 Å². The standard InChI is InChI=1S/C18H18O5/c1-2-3-10-22-15-7-4-13(5-8-15)18(21)23-16-9-6-14(12-19)17(20)11-16/h4-9,11-12,20H,2-3,10H2,1H3. The van der Waals surface area contributed by atoms with Gasteiger partial charge in [-0.15, -0.1) is 0 Å². The predicted octanol–water partition coefficient (Wildman–Crippen LogP) is 3.60. The Balaban J connectivity index is 2.00. The van der Waals surface area contributed by atoms with Crippen molar-refractivity contribution in [2.24, 2.45) is 0 Å². The first kappa shape index (κ1) is 16.5. The van der Waals surface area contributed by atoms with Crippen LogP contribution in [0.1, 0.15) is 40.5 Å². The van der Waals surface area contributed by atoms with Crippen molar-refractivity contribution in [1.82, 2.24) is 0 Å². The molecule has 2 aromatic carbocycles. The lowest BCUT2D eigenvalue weighted by Gasteiger charge is -2.07. The van der Waals surface area contributed by atoms with Crippen molar-refractivity contribution < 1.29 is 24.2 Å². The van der Waals surface area contributed by atoms with E-state index in [-0.39, 0.29) is 17.1 Å². The quantitative estimate of drug-likeness (QED) is 0.366. The lowest BCUT2D eigenvalue weighted by atomic mass is 10.2. The van der Waals surface area contributed by atoms with Crippen LogP contribution in [0.15, 0.2) is 42.5 Å². The minimum absolute atomic E-state index is 0.137. The van der Waals surface area contributed by atoms with Crippen molar-refractivity contribution in [2.75, 3.05) is 6.61 Å². The maximum atomic E-state index is 12.0. The highest BCUT2D eigenvalue weighted by atomic mass is 16.5. The zero-order valence-corrected chi connectivity index (χ0v) is 12.8. The SMILES string of the molecule is CCCCOc1ccc(C(=O)Oc2ccc(C=O)c(O)c2)cc1. The summed E-state index contributed by atoms with van der Waals surface area (Å²) in [6.07, 6.45) is 2.56. The molecular weight excluding hydrogens is 296 g/mol. The van der Waals surface area contributed by atoms with Gasteiger partial charge in [-0.05, 0) is 42.8 Å². The number of hydrogen-bond acceptors (Lipinski definition) is 5. The Kier molecular flexibility index (Phi) is 5.74. The van der Waals surface area contributed by atoms with Crippen molar-refractivity contribution in [3.8, 4) is 17.2 Å². The van der Waals surface area contributed by atoms with Crippen LogP contribution in [0.5, 0.6) is 17.2 Å². The number of hydrogen-bond donors (Lipinski definition) is 1. The third kappa shape index (κ3) is 4.57. The zero-order valence-electron chi connectivity index (χ0n) is 12.8. The molecule has 23 heavy (non-hydrogen) atoms. The summed E-state index contributed by atoms with van der Waals surface area (Å²) in [6, 6.07) is 10.7. The van der Waals surface area contributed by atoms with Gasteiger partial charge in [0.2, 0.25) is 0 Å². The number of esters is 1. The Morgan fingerprint density at radius 1 is 1.13 bits per heavy atom. The second-order valence-electron chi connectivity index (χ2n) is 4.95. The van der Waals surface area contributed by atoms with Crippen LogP contribution >= 0.6 is 0 Å². The average molecular weight is 314 g/mol. The number of phenolic OH excluding ortho intramolecular Hbond substituents is 1. The molecule has 0 bridgehead atoms. The second kappa shape index (κ2) is 7.98. The molecule has 0 aliphatic heterocycles. The van der Waals surface area contributed by atoms with Gasteiger partial charge in [0.1, 0.15) is 17.2 Å². The number of ether oxygens (including phenoxy) is 2. The first-order chi connectivity index (χ1) is 11.1. The summed E-state index contributed by atoms with van der Waals surface area (Å²) < 4.78 is 10.7. The van der Waals surface area contributed by atoms with Crippen LogP contribution < -0.4 is 9.47 Å². The Bertz CT molecular complexity index is 676. The summed E-state index contributed by atoms with van der Waals surface area (Å²) in [5.74, 6) is 0.0812. The number of carbonyl (C=O) groups excluding carboxylic acids is 2. The molecule has 2 rings (SSSR count). The van der Waals surface area contributed by atoms with Gasteiger partial charge in [0, 0.05) is 6.07 Å². The zero-order chi connectivity index (χ0) is 16.7. The van der Waals surface area contributed by atoms with Crippen LogP contribution in [0.3, 0.4) is 0 Å². The van der Waals surface area contributed by atoms with E-state index in [1.165, 1.54) is 18.2 Å². The van der Waals surface area contributed by atoms with Gasteiger partial charge in [-0.2, -0.15) is 0 Å². The van der Waals surface area contributed by atoms with Crippen molar-refractivity contribution >= 4 is 12.3 Å². The Hall–Kier alpha value is -2.82. The minimum atomic E-state index is -0.552. The first-order valence-electron chi connectivity index (χ1n) is 7.37. The van der Waals surface area contributed by atoms with E-state index in [2.05, 4.69) is 6.92 Å². The molecule has 0 spiro atoms. The highest BCUT2D eigenvalue weighted by molar-refractivity contribution is 5.91. The maximum absolute atomic E-state index is 12.0. The van der Waals surface area contributed by atoms with Gasteiger partial charge in [0.25, 0.3) is 0 Å². The molecular formula is C18H18O5. The monoisotopic (exact) mass is 314 g/mol. The van der Waals surface area contributed by atoms with Gasteiger partial charge in [0.15, 0.2) is 6.29 Å².